The van der Waals surface area contributed by atoms with E-state index in [0.717, 1.165) is 31.4 Å². The summed E-state index contributed by atoms with van der Waals surface area (Å²) in [5, 5.41) is 19.9. The number of ether oxygens (including phenoxy) is 1. The van der Waals surface area contributed by atoms with Gasteiger partial charge in [-0.05, 0) is 37.1 Å². The topological polar surface area (TPSA) is 104 Å². The minimum atomic E-state index is -0.605. The summed E-state index contributed by atoms with van der Waals surface area (Å²) in [6, 6.07) is 6.67. The molecule has 1 unspecified atom stereocenters. The summed E-state index contributed by atoms with van der Waals surface area (Å²) in [6.45, 7) is 0.579. The number of hydrogen-bond donors (Lipinski definition) is 4. The van der Waals surface area contributed by atoms with E-state index in [0.29, 0.717) is 5.75 Å². The zero-order valence-electron chi connectivity index (χ0n) is 12.3. The Balaban J connectivity index is 1.67. The highest BCUT2D eigenvalue weighted by Gasteiger charge is 2.18. The van der Waals surface area contributed by atoms with Crippen LogP contribution >= 0.6 is 0 Å². The minimum Gasteiger partial charge on any atom is -0.482 e. The number of amidine groups is 1. The van der Waals surface area contributed by atoms with Crippen molar-refractivity contribution >= 4 is 11.8 Å². The van der Waals surface area contributed by atoms with Gasteiger partial charge < -0.3 is 20.0 Å². The zero-order chi connectivity index (χ0) is 15.8. The van der Waals surface area contributed by atoms with Crippen LogP contribution in [0.5, 0.6) is 5.75 Å². The molecule has 7 nitrogen and oxygen atoms in total. The molecule has 120 valence electrons. The van der Waals surface area contributed by atoms with Crippen LogP contribution in [-0.4, -0.2) is 36.1 Å². The van der Waals surface area contributed by atoms with Crippen molar-refractivity contribution in [3.8, 4) is 5.75 Å². The lowest BCUT2D eigenvalue weighted by Crippen LogP contribution is -2.47. The van der Waals surface area contributed by atoms with Crippen LogP contribution in [0.3, 0.4) is 0 Å². The molecule has 1 aliphatic rings. The van der Waals surface area contributed by atoms with E-state index < -0.39 is 5.97 Å². The first-order chi connectivity index (χ1) is 10.7. The van der Waals surface area contributed by atoms with Crippen LogP contribution in [0, 0.1) is 5.41 Å². The summed E-state index contributed by atoms with van der Waals surface area (Å²) < 4.78 is 5.26. The molecular formula is C15H21N3O4. The Bertz CT molecular complexity index is 498. The molecule has 2 rings (SSSR count). The summed E-state index contributed by atoms with van der Waals surface area (Å²) in [4.78, 5) is 16.4. The Kier molecular flexibility index (Phi) is 6.17. The summed E-state index contributed by atoms with van der Waals surface area (Å²) in [6.07, 6.45) is 3.02. The van der Waals surface area contributed by atoms with Gasteiger partial charge in [-0.1, -0.05) is 18.6 Å². The first-order valence-electron chi connectivity index (χ1n) is 7.29. The average molecular weight is 307 g/mol. The second kappa shape index (κ2) is 8.35. The first kappa shape index (κ1) is 16.3. The van der Waals surface area contributed by atoms with Gasteiger partial charge in [-0.2, -0.15) is 0 Å². The third-order valence-electron chi connectivity index (χ3n) is 3.40. The summed E-state index contributed by atoms with van der Waals surface area (Å²) in [5.41, 5.74) is 3.13. The lowest BCUT2D eigenvalue weighted by Gasteiger charge is -2.23. The number of carbonyl (C=O) groups is 1. The predicted molar refractivity (Wildman–Crippen MR) is 80.5 cm³/mol. The van der Waals surface area contributed by atoms with E-state index in [4.69, 9.17) is 20.1 Å². The zero-order valence-corrected chi connectivity index (χ0v) is 12.3. The van der Waals surface area contributed by atoms with Crippen LogP contribution in [0.15, 0.2) is 24.3 Å². The summed E-state index contributed by atoms with van der Waals surface area (Å²) in [7, 11) is 0. The molecule has 1 aliphatic heterocycles. The van der Waals surface area contributed by atoms with Crippen LogP contribution < -0.4 is 15.5 Å². The molecule has 4 N–H and O–H groups in total. The van der Waals surface area contributed by atoms with Gasteiger partial charge in [0.25, 0.3) is 0 Å². The van der Waals surface area contributed by atoms with E-state index in [-0.39, 0.29) is 25.1 Å². The van der Waals surface area contributed by atoms with Gasteiger partial charge in [-0.3, -0.25) is 5.41 Å². The van der Waals surface area contributed by atoms with E-state index in [1.54, 1.807) is 24.3 Å². The number of aliphatic hydroxyl groups excluding tert-OH is 1. The normalized spacial score (nSPS) is 17.6. The predicted octanol–water partition coefficient (Wildman–Crippen LogP) is 0.725. The Morgan fingerprint density at radius 3 is 2.77 bits per heavy atom. The SMILES string of the molecule is N=C(NOC(=O)COc1ccc(CO)cc1)C1CCCCN1. The number of benzene rings is 1. The van der Waals surface area contributed by atoms with Gasteiger partial charge in [0.1, 0.15) is 11.6 Å². The highest BCUT2D eigenvalue weighted by atomic mass is 16.7. The quantitative estimate of drug-likeness (QED) is 0.363. The molecular weight excluding hydrogens is 286 g/mol. The van der Waals surface area contributed by atoms with E-state index in [9.17, 15) is 4.79 Å². The number of carbonyl (C=O) groups excluding carboxylic acids is 1. The van der Waals surface area contributed by atoms with Crippen LogP contribution in [0.2, 0.25) is 0 Å². The molecule has 0 radical (unpaired) electrons. The van der Waals surface area contributed by atoms with Crippen molar-refractivity contribution in [2.75, 3.05) is 13.2 Å². The van der Waals surface area contributed by atoms with Gasteiger partial charge in [-0.25, -0.2) is 10.3 Å². The van der Waals surface area contributed by atoms with Crippen molar-refractivity contribution in [2.24, 2.45) is 0 Å². The molecule has 0 aliphatic carbocycles. The monoisotopic (exact) mass is 307 g/mol. The lowest BCUT2D eigenvalue weighted by molar-refractivity contribution is -0.150. The fraction of sp³-hybridized carbons (Fsp3) is 0.467. The van der Waals surface area contributed by atoms with E-state index in [1.165, 1.54) is 0 Å². The summed E-state index contributed by atoms with van der Waals surface area (Å²) >= 11 is 0. The van der Waals surface area contributed by atoms with Crippen molar-refractivity contribution in [1.82, 2.24) is 10.8 Å². The van der Waals surface area contributed by atoms with E-state index in [1.807, 2.05) is 0 Å². The fourth-order valence-electron chi connectivity index (χ4n) is 2.14. The Labute approximate surface area is 129 Å². The van der Waals surface area contributed by atoms with Crippen LogP contribution in [-0.2, 0) is 16.2 Å². The first-order valence-corrected chi connectivity index (χ1v) is 7.29. The Morgan fingerprint density at radius 1 is 1.36 bits per heavy atom. The number of nitrogens with one attached hydrogen (secondary N) is 3. The standard InChI is InChI=1S/C15H21N3O4/c16-15(13-3-1-2-8-17-13)18-22-14(20)10-21-12-6-4-11(9-19)5-7-12/h4-7,13,17,19H,1-3,8-10H2,(H2,16,18). The largest absolute Gasteiger partial charge is 0.482 e. The maximum absolute atomic E-state index is 11.6. The molecule has 0 aromatic heterocycles. The van der Waals surface area contributed by atoms with Gasteiger partial charge >= 0.3 is 5.97 Å². The van der Waals surface area contributed by atoms with E-state index in [2.05, 4.69) is 10.8 Å². The van der Waals surface area contributed by atoms with Gasteiger partial charge in [0.2, 0.25) is 0 Å². The molecule has 1 aromatic carbocycles. The number of rotatable bonds is 5. The maximum atomic E-state index is 11.6. The van der Waals surface area contributed by atoms with Crippen LogP contribution in [0.1, 0.15) is 24.8 Å². The number of piperidine rings is 1. The number of hydroxylamine groups is 1. The van der Waals surface area contributed by atoms with Crippen molar-refractivity contribution in [2.45, 2.75) is 31.9 Å². The van der Waals surface area contributed by atoms with E-state index >= 15 is 0 Å². The smallest absolute Gasteiger partial charge is 0.369 e. The molecule has 1 saturated heterocycles. The molecule has 7 heteroatoms. The average Bonchev–Trinajstić information content (AvgIpc) is 2.59. The second-order valence-electron chi connectivity index (χ2n) is 5.08. The molecule has 1 atom stereocenters. The third kappa shape index (κ3) is 5.01. The van der Waals surface area contributed by atoms with Crippen molar-refractivity contribution in [3.05, 3.63) is 29.8 Å². The van der Waals surface area contributed by atoms with Crippen molar-refractivity contribution in [3.63, 3.8) is 0 Å². The molecule has 0 bridgehead atoms. The fourth-order valence-corrected chi connectivity index (χ4v) is 2.14. The third-order valence-corrected chi connectivity index (χ3v) is 3.40. The van der Waals surface area contributed by atoms with Crippen LogP contribution in [0.4, 0.5) is 0 Å². The molecule has 0 spiro atoms. The van der Waals surface area contributed by atoms with Crippen LogP contribution in [0.25, 0.3) is 0 Å². The highest BCUT2D eigenvalue weighted by molar-refractivity contribution is 5.85. The summed E-state index contributed by atoms with van der Waals surface area (Å²) in [5.74, 6) is 0.0605. The van der Waals surface area contributed by atoms with Crippen molar-refractivity contribution < 1.29 is 19.5 Å². The lowest BCUT2D eigenvalue weighted by atomic mass is 10.0. The molecule has 1 aromatic rings. The molecule has 0 amide bonds. The molecule has 1 heterocycles. The van der Waals surface area contributed by atoms with Crippen molar-refractivity contribution in [1.29, 1.82) is 5.41 Å². The highest BCUT2D eigenvalue weighted by Crippen LogP contribution is 2.12. The Morgan fingerprint density at radius 2 is 2.14 bits per heavy atom. The minimum absolute atomic E-state index is 0.0381. The van der Waals surface area contributed by atoms with Gasteiger partial charge in [0.05, 0.1) is 12.6 Å². The molecule has 22 heavy (non-hydrogen) atoms. The molecule has 0 saturated carbocycles. The van der Waals surface area contributed by atoms with Gasteiger partial charge in [-0.15, -0.1) is 0 Å². The van der Waals surface area contributed by atoms with Gasteiger partial charge in [0, 0.05) is 0 Å². The maximum Gasteiger partial charge on any atom is 0.369 e. The number of aliphatic hydroxyl groups is 1. The van der Waals surface area contributed by atoms with Gasteiger partial charge in [0.15, 0.2) is 6.61 Å². The number of hydrogen-bond acceptors (Lipinski definition) is 6. The second-order valence-corrected chi connectivity index (χ2v) is 5.08. The Hall–Kier alpha value is -2.12. The molecule has 1 fully saturated rings.